The largest absolute Gasteiger partial charge is 0.357 e. The summed E-state index contributed by atoms with van der Waals surface area (Å²) < 4.78 is 0. The van der Waals surface area contributed by atoms with Crippen molar-refractivity contribution in [1.29, 1.82) is 0 Å². The summed E-state index contributed by atoms with van der Waals surface area (Å²) in [6.07, 6.45) is 8.07. The minimum Gasteiger partial charge on any atom is -0.357 e. The highest BCUT2D eigenvalue weighted by Crippen LogP contribution is 2.32. The first kappa shape index (κ1) is 34.8. The van der Waals surface area contributed by atoms with Gasteiger partial charge in [-0.25, -0.2) is 4.98 Å². The molecule has 244 valence electrons. The zero-order chi connectivity index (χ0) is 32.7. The molecule has 1 aliphatic heterocycles. The van der Waals surface area contributed by atoms with Crippen LogP contribution in [0, 0.1) is 11.3 Å². The van der Waals surface area contributed by atoms with Crippen molar-refractivity contribution < 1.29 is 34.2 Å². The normalized spacial score (nSPS) is 19.9. The van der Waals surface area contributed by atoms with Gasteiger partial charge in [0.25, 0.3) is 17.6 Å². The molecule has 1 saturated heterocycles. The van der Waals surface area contributed by atoms with Crippen LogP contribution >= 0.6 is 0 Å². The summed E-state index contributed by atoms with van der Waals surface area (Å²) in [4.78, 5) is 74.9. The number of nitrogens with one attached hydrogen (secondary N) is 4. The van der Waals surface area contributed by atoms with Gasteiger partial charge in [0.05, 0.1) is 18.8 Å². The van der Waals surface area contributed by atoms with Gasteiger partial charge in [0.2, 0.25) is 17.7 Å². The fourth-order valence-electron chi connectivity index (χ4n) is 5.42. The van der Waals surface area contributed by atoms with E-state index in [9.17, 15) is 34.2 Å². The third-order valence-corrected chi connectivity index (χ3v) is 7.98. The van der Waals surface area contributed by atoms with E-state index in [1.165, 1.54) is 23.5 Å². The van der Waals surface area contributed by atoms with Crippen molar-refractivity contribution in [1.82, 2.24) is 36.1 Å². The van der Waals surface area contributed by atoms with Gasteiger partial charge in [-0.15, -0.1) is 0 Å². The van der Waals surface area contributed by atoms with Gasteiger partial charge in [0.1, 0.15) is 17.8 Å². The van der Waals surface area contributed by atoms with E-state index in [0.29, 0.717) is 19.3 Å². The van der Waals surface area contributed by atoms with E-state index >= 15 is 0 Å². The van der Waals surface area contributed by atoms with Crippen LogP contribution in [0.3, 0.4) is 0 Å². The topological polar surface area (TPSA) is 203 Å². The molecule has 0 spiro atoms. The number of nitrogens with zero attached hydrogens (tertiary/aromatic N) is 3. The van der Waals surface area contributed by atoms with Crippen LogP contribution in [0.1, 0.15) is 90.1 Å². The van der Waals surface area contributed by atoms with Crippen LogP contribution in [0.4, 0.5) is 0 Å². The Morgan fingerprint density at radius 1 is 1.02 bits per heavy atom. The van der Waals surface area contributed by atoms with Gasteiger partial charge < -0.3 is 36.4 Å². The van der Waals surface area contributed by atoms with E-state index in [-0.39, 0.29) is 30.6 Å². The molecule has 1 unspecified atom stereocenters. The van der Waals surface area contributed by atoms with E-state index in [4.69, 9.17) is 0 Å². The molecule has 0 aromatic carbocycles. The number of aromatic nitrogens is 2. The number of carbonyl (C=O) groups is 5. The first-order chi connectivity index (χ1) is 20.7. The summed E-state index contributed by atoms with van der Waals surface area (Å²) in [5, 5.41) is 32.1. The van der Waals surface area contributed by atoms with Gasteiger partial charge in [-0.3, -0.25) is 29.0 Å². The predicted molar refractivity (Wildman–Crippen MR) is 159 cm³/mol. The molecule has 14 heteroatoms. The Hall–Kier alpha value is -3.65. The molecule has 2 heterocycles. The lowest BCUT2D eigenvalue weighted by molar-refractivity contribution is -0.198. The van der Waals surface area contributed by atoms with E-state index in [1.54, 1.807) is 27.7 Å². The molecular formula is C30H47N7O7. The van der Waals surface area contributed by atoms with Crippen molar-refractivity contribution in [3.05, 3.63) is 24.3 Å². The number of amides is 5. The third-order valence-electron chi connectivity index (χ3n) is 7.98. The van der Waals surface area contributed by atoms with Crippen molar-refractivity contribution in [2.75, 3.05) is 13.1 Å². The maximum absolute atomic E-state index is 14.1. The molecule has 3 rings (SSSR count). The average molecular weight is 618 g/mol. The van der Waals surface area contributed by atoms with Crippen LogP contribution in [-0.2, 0) is 19.2 Å². The van der Waals surface area contributed by atoms with Crippen molar-refractivity contribution in [2.24, 2.45) is 11.3 Å². The second-order valence-corrected chi connectivity index (χ2v) is 12.8. The fraction of sp³-hybridized carbons (Fsp3) is 0.700. The highest BCUT2D eigenvalue weighted by Gasteiger charge is 2.49. The molecule has 4 atom stereocenters. The van der Waals surface area contributed by atoms with Crippen LogP contribution in [0.2, 0.25) is 0 Å². The van der Waals surface area contributed by atoms with E-state index in [2.05, 4.69) is 31.2 Å². The molecule has 0 radical (unpaired) electrons. The fourth-order valence-corrected chi connectivity index (χ4v) is 5.42. The van der Waals surface area contributed by atoms with Crippen molar-refractivity contribution >= 4 is 29.5 Å². The van der Waals surface area contributed by atoms with Crippen molar-refractivity contribution in [3.63, 3.8) is 0 Å². The minimum atomic E-state index is -2.83. The highest BCUT2D eigenvalue weighted by molar-refractivity contribution is 5.96. The molecule has 6 N–H and O–H groups in total. The number of aliphatic hydroxyl groups is 2. The average Bonchev–Trinajstić information content (AvgIpc) is 3.69. The van der Waals surface area contributed by atoms with Gasteiger partial charge in [-0.2, -0.15) is 0 Å². The molecule has 0 bridgehead atoms. The second-order valence-electron chi connectivity index (χ2n) is 12.8. The first-order valence-corrected chi connectivity index (χ1v) is 15.4. The summed E-state index contributed by atoms with van der Waals surface area (Å²) >= 11 is 0. The number of hydrogen-bond acceptors (Lipinski definition) is 9. The molecule has 1 aromatic heterocycles. The van der Waals surface area contributed by atoms with Gasteiger partial charge >= 0.3 is 0 Å². The van der Waals surface area contributed by atoms with Crippen LogP contribution in [0.5, 0.6) is 0 Å². The highest BCUT2D eigenvalue weighted by atomic mass is 16.5. The maximum Gasteiger partial charge on any atom is 0.282 e. The summed E-state index contributed by atoms with van der Waals surface area (Å²) in [7, 11) is 0. The lowest BCUT2D eigenvalue weighted by atomic mass is 9.85. The molecule has 5 amide bonds. The Morgan fingerprint density at radius 2 is 1.73 bits per heavy atom. The Labute approximate surface area is 258 Å². The SMILES string of the molecule is CCC[C@H]1CCN(C(=O)C(NC(=O)CNC(=O)c2cnccn2)C(C)(C)C)[C@@H]1C(=O)N[C@@H](CCC)C(O)(O)C(=O)NC1CC1. The minimum absolute atomic E-state index is 0.0396. The maximum atomic E-state index is 14.1. The first-order valence-electron chi connectivity index (χ1n) is 15.4. The zero-order valence-corrected chi connectivity index (χ0v) is 26.3. The number of rotatable bonds is 14. The zero-order valence-electron chi connectivity index (χ0n) is 26.3. The van der Waals surface area contributed by atoms with E-state index < -0.39 is 65.4 Å². The lowest BCUT2D eigenvalue weighted by Crippen LogP contribution is -2.64. The molecule has 1 aliphatic carbocycles. The van der Waals surface area contributed by atoms with E-state index in [1.807, 2.05) is 6.92 Å². The Morgan fingerprint density at radius 3 is 2.30 bits per heavy atom. The molecule has 1 saturated carbocycles. The Balaban J connectivity index is 1.77. The van der Waals surface area contributed by atoms with Crippen LogP contribution in [0.25, 0.3) is 0 Å². The molecule has 2 aliphatic rings. The number of likely N-dealkylation sites (tertiary alicyclic amines) is 1. The molecule has 2 fully saturated rings. The second kappa shape index (κ2) is 14.9. The standard InChI is InChI=1S/C30H47N7O7/c1-6-8-18-12-15-37(23(18)26(40)35-21(9-7-2)30(43,44)28(42)34-19-10-11-19)27(41)24(29(3,4)5)36-22(38)17-33-25(39)20-16-31-13-14-32-20/h13-14,16,18-19,21,23-24,43-44H,6-12,15,17H2,1-5H3,(H,33,39)(H,34,42)(H,35,40)(H,36,38)/t18-,21-,23-,24?/m0/s1. The van der Waals surface area contributed by atoms with Crippen molar-refractivity contribution in [3.8, 4) is 0 Å². The Bertz CT molecular complexity index is 1180. The van der Waals surface area contributed by atoms with Crippen LogP contribution in [-0.4, -0.2) is 97.7 Å². The molecule has 14 nitrogen and oxygen atoms in total. The lowest BCUT2D eigenvalue weighted by Gasteiger charge is -2.37. The summed E-state index contributed by atoms with van der Waals surface area (Å²) in [5.74, 6) is -6.26. The monoisotopic (exact) mass is 617 g/mol. The van der Waals surface area contributed by atoms with Gasteiger partial charge in [-0.1, -0.05) is 47.5 Å². The number of hydrogen-bond donors (Lipinski definition) is 6. The summed E-state index contributed by atoms with van der Waals surface area (Å²) in [6.45, 7) is 8.97. The molecule has 1 aromatic rings. The molecular weight excluding hydrogens is 570 g/mol. The Kier molecular flexibility index (Phi) is 11.8. The van der Waals surface area contributed by atoms with Gasteiger partial charge in [0, 0.05) is 25.0 Å². The predicted octanol–water partition coefficient (Wildman–Crippen LogP) is -0.00110. The summed E-state index contributed by atoms with van der Waals surface area (Å²) in [6, 6.07) is -3.39. The van der Waals surface area contributed by atoms with Crippen LogP contribution < -0.4 is 21.3 Å². The van der Waals surface area contributed by atoms with Gasteiger partial charge in [-0.05, 0) is 43.4 Å². The van der Waals surface area contributed by atoms with E-state index in [0.717, 1.165) is 19.3 Å². The number of carbonyl (C=O) groups excluding carboxylic acids is 5. The van der Waals surface area contributed by atoms with Gasteiger partial charge in [0.15, 0.2) is 0 Å². The van der Waals surface area contributed by atoms with Crippen LogP contribution in [0.15, 0.2) is 18.6 Å². The third kappa shape index (κ3) is 8.94. The smallest absolute Gasteiger partial charge is 0.282 e. The summed E-state index contributed by atoms with van der Waals surface area (Å²) in [5.41, 5.74) is -0.722. The molecule has 44 heavy (non-hydrogen) atoms. The quantitative estimate of drug-likeness (QED) is 0.155. The van der Waals surface area contributed by atoms with Crippen molar-refractivity contribution in [2.45, 2.75) is 110 Å².